The minimum Gasteiger partial charge on any atom is -0.353 e. The molecule has 0 radical (unpaired) electrons. The van der Waals surface area contributed by atoms with Gasteiger partial charge in [-0.05, 0) is 62.7 Å². The number of hydrogen-bond acceptors (Lipinski definition) is 2. The Labute approximate surface area is 115 Å². The van der Waals surface area contributed by atoms with Crippen molar-refractivity contribution in [3.63, 3.8) is 0 Å². The first-order valence-corrected chi connectivity index (χ1v) is 8.31. The number of rotatable bonds is 3. The molecular formula is C16H26N2O. The van der Waals surface area contributed by atoms with Crippen molar-refractivity contribution in [1.29, 1.82) is 0 Å². The van der Waals surface area contributed by atoms with E-state index >= 15 is 0 Å². The first-order chi connectivity index (χ1) is 9.26. The molecule has 0 spiro atoms. The Balaban J connectivity index is 1.27. The molecule has 2 saturated heterocycles. The van der Waals surface area contributed by atoms with E-state index in [0.717, 1.165) is 18.3 Å². The van der Waals surface area contributed by atoms with Gasteiger partial charge in [0.2, 0.25) is 5.91 Å². The molecule has 2 aliphatic heterocycles. The number of carbonyl (C=O) groups is 1. The lowest BCUT2D eigenvalue weighted by molar-refractivity contribution is -0.123. The maximum absolute atomic E-state index is 12.2. The van der Waals surface area contributed by atoms with Crippen LogP contribution in [-0.4, -0.2) is 24.0 Å². The zero-order valence-corrected chi connectivity index (χ0v) is 11.7. The average molecular weight is 262 g/mol. The number of nitrogens with one attached hydrogen (secondary N) is 2. The van der Waals surface area contributed by atoms with Crippen LogP contribution in [0.1, 0.15) is 57.8 Å². The van der Waals surface area contributed by atoms with Crippen LogP contribution in [0.25, 0.3) is 0 Å². The SMILES string of the molecule is O=C(CC1CC2CCC(C1)N2)NC1CC2CCC1C2. The van der Waals surface area contributed by atoms with Gasteiger partial charge in [-0.15, -0.1) is 0 Å². The van der Waals surface area contributed by atoms with E-state index in [0.29, 0.717) is 30.0 Å². The zero-order chi connectivity index (χ0) is 12.8. The van der Waals surface area contributed by atoms with Crippen LogP contribution in [0.2, 0.25) is 0 Å². The number of carbonyl (C=O) groups excluding carboxylic acids is 1. The molecule has 5 unspecified atom stereocenters. The molecule has 19 heavy (non-hydrogen) atoms. The van der Waals surface area contributed by atoms with Gasteiger partial charge in [0.05, 0.1) is 0 Å². The molecule has 106 valence electrons. The molecule has 0 aromatic rings. The highest BCUT2D eigenvalue weighted by atomic mass is 16.1. The minimum absolute atomic E-state index is 0.337. The van der Waals surface area contributed by atoms with Gasteiger partial charge < -0.3 is 10.6 Å². The fraction of sp³-hybridized carbons (Fsp3) is 0.938. The predicted molar refractivity (Wildman–Crippen MR) is 74.7 cm³/mol. The van der Waals surface area contributed by atoms with Crippen molar-refractivity contribution in [1.82, 2.24) is 10.6 Å². The van der Waals surface area contributed by atoms with E-state index in [4.69, 9.17) is 0 Å². The molecule has 3 nitrogen and oxygen atoms in total. The van der Waals surface area contributed by atoms with E-state index in [-0.39, 0.29) is 0 Å². The van der Waals surface area contributed by atoms with Crippen LogP contribution in [-0.2, 0) is 4.79 Å². The second kappa shape index (κ2) is 4.76. The topological polar surface area (TPSA) is 41.1 Å². The number of amides is 1. The molecule has 4 fully saturated rings. The lowest BCUT2D eigenvalue weighted by atomic mass is 9.89. The normalized spacial score (nSPS) is 47.6. The molecule has 4 aliphatic rings. The van der Waals surface area contributed by atoms with E-state index in [1.165, 1.54) is 51.4 Å². The maximum atomic E-state index is 12.2. The third-order valence-corrected chi connectivity index (χ3v) is 6.13. The molecule has 0 aromatic heterocycles. The summed E-state index contributed by atoms with van der Waals surface area (Å²) in [5.41, 5.74) is 0. The fourth-order valence-electron chi connectivity index (χ4n) is 5.29. The molecule has 1 amide bonds. The predicted octanol–water partition coefficient (Wildman–Crippen LogP) is 2.21. The first kappa shape index (κ1) is 12.2. The van der Waals surface area contributed by atoms with Gasteiger partial charge in [0, 0.05) is 24.5 Å². The second-order valence-electron chi connectivity index (χ2n) is 7.53. The van der Waals surface area contributed by atoms with Crippen molar-refractivity contribution in [3.05, 3.63) is 0 Å². The average Bonchev–Trinajstić information content (AvgIpc) is 3.05. The Hall–Kier alpha value is -0.570. The van der Waals surface area contributed by atoms with Crippen LogP contribution in [0, 0.1) is 17.8 Å². The van der Waals surface area contributed by atoms with Crippen LogP contribution < -0.4 is 10.6 Å². The van der Waals surface area contributed by atoms with Crippen LogP contribution in [0.3, 0.4) is 0 Å². The standard InChI is InChI=1S/C16H26N2O/c19-16(18-15-8-10-1-2-12(15)5-10)9-11-6-13-3-4-14(7-11)17-13/h10-15,17H,1-9H2,(H,18,19). The summed E-state index contributed by atoms with van der Waals surface area (Å²) in [5, 5.41) is 7.01. The zero-order valence-electron chi connectivity index (χ0n) is 11.7. The summed E-state index contributed by atoms with van der Waals surface area (Å²) in [6.45, 7) is 0. The van der Waals surface area contributed by atoms with Crippen molar-refractivity contribution >= 4 is 5.91 Å². The van der Waals surface area contributed by atoms with E-state index in [2.05, 4.69) is 10.6 Å². The third-order valence-electron chi connectivity index (χ3n) is 6.13. The van der Waals surface area contributed by atoms with E-state index in [1.807, 2.05) is 0 Å². The Bertz CT molecular complexity index is 358. The Morgan fingerprint density at radius 2 is 1.79 bits per heavy atom. The summed E-state index contributed by atoms with van der Waals surface area (Å²) in [5.74, 6) is 2.70. The summed E-state index contributed by atoms with van der Waals surface area (Å²) in [7, 11) is 0. The van der Waals surface area contributed by atoms with Crippen molar-refractivity contribution in [2.24, 2.45) is 17.8 Å². The molecule has 0 aromatic carbocycles. The first-order valence-electron chi connectivity index (χ1n) is 8.31. The van der Waals surface area contributed by atoms with E-state index in [9.17, 15) is 4.79 Å². The molecule has 2 aliphatic carbocycles. The monoisotopic (exact) mass is 262 g/mol. The van der Waals surface area contributed by atoms with Crippen LogP contribution in [0.4, 0.5) is 0 Å². The van der Waals surface area contributed by atoms with Gasteiger partial charge in [0.15, 0.2) is 0 Å². The molecule has 3 heteroatoms. The summed E-state index contributed by atoms with van der Waals surface area (Å²) >= 11 is 0. The number of fused-ring (bicyclic) bond motifs is 4. The van der Waals surface area contributed by atoms with Crippen molar-refractivity contribution in [3.8, 4) is 0 Å². The van der Waals surface area contributed by atoms with Crippen molar-refractivity contribution in [2.75, 3.05) is 0 Å². The summed E-state index contributed by atoms with van der Waals surface area (Å²) < 4.78 is 0. The second-order valence-corrected chi connectivity index (χ2v) is 7.53. The Morgan fingerprint density at radius 3 is 2.42 bits per heavy atom. The van der Waals surface area contributed by atoms with Crippen LogP contribution in [0.5, 0.6) is 0 Å². The molecule has 2 heterocycles. The highest BCUT2D eigenvalue weighted by Gasteiger charge is 2.40. The molecule has 2 saturated carbocycles. The minimum atomic E-state index is 0.337. The Morgan fingerprint density at radius 1 is 1.00 bits per heavy atom. The van der Waals surface area contributed by atoms with Gasteiger partial charge >= 0.3 is 0 Å². The highest BCUT2D eigenvalue weighted by molar-refractivity contribution is 5.76. The molecule has 2 N–H and O–H groups in total. The van der Waals surface area contributed by atoms with Crippen molar-refractivity contribution in [2.45, 2.75) is 75.9 Å². The van der Waals surface area contributed by atoms with Crippen molar-refractivity contribution < 1.29 is 4.79 Å². The van der Waals surface area contributed by atoms with E-state index < -0.39 is 0 Å². The summed E-state index contributed by atoms with van der Waals surface area (Å²) in [4.78, 5) is 12.2. The quantitative estimate of drug-likeness (QED) is 0.819. The van der Waals surface area contributed by atoms with Gasteiger partial charge in [-0.2, -0.15) is 0 Å². The van der Waals surface area contributed by atoms with Gasteiger partial charge in [-0.25, -0.2) is 0 Å². The summed E-state index contributed by atoms with van der Waals surface area (Å²) in [6.07, 6.45) is 11.3. The number of piperidine rings is 1. The smallest absolute Gasteiger partial charge is 0.220 e. The van der Waals surface area contributed by atoms with Gasteiger partial charge in [-0.1, -0.05) is 6.42 Å². The summed E-state index contributed by atoms with van der Waals surface area (Å²) in [6, 6.07) is 1.93. The van der Waals surface area contributed by atoms with Crippen LogP contribution >= 0.6 is 0 Å². The molecule has 5 atom stereocenters. The van der Waals surface area contributed by atoms with Crippen LogP contribution in [0.15, 0.2) is 0 Å². The van der Waals surface area contributed by atoms with Gasteiger partial charge in [0.1, 0.15) is 0 Å². The third kappa shape index (κ3) is 2.42. The van der Waals surface area contributed by atoms with Gasteiger partial charge in [0.25, 0.3) is 0 Å². The lowest BCUT2D eigenvalue weighted by Gasteiger charge is -2.29. The van der Waals surface area contributed by atoms with Gasteiger partial charge in [-0.3, -0.25) is 4.79 Å². The molecule has 4 bridgehead atoms. The maximum Gasteiger partial charge on any atom is 0.220 e. The Kier molecular flexibility index (Phi) is 3.06. The largest absolute Gasteiger partial charge is 0.353 e. The van der Waals surface area contributed by atoms with E-state index in [1.54, 1.807) is 0 Å². The highest BCUT2D eigenvalue weighted by Crippen LogP contribution is 2.44. The fourth-order valence-corrected chi connectivity index (χ4v) is 5.29. The molecular weight excluding hydrogens is 236 g/mol. The number of hydrogen-bond donors (Lipinski definition) is 2. The lowest BCUT2D eigenvalue weighted by Crippen LogP contribution is -2.42. The molecule has 4 rings (SSSR count).